The summed E-state index contributed by atoms with van der Waals surface area (Å²) in [5, 5.41) is 37.1. The summed E-state index contributed by atoms with van der Waals surface area (Å²) in [6, 6.07) is 0. The van der Waals surface area contributed by atoms with Crippen LogP contribution in [-0.4, -0.2) is 56.9 Å². The summed E-state index contributed by atoms with van der Waals surface area (Å²) in [5.41, 5.74) is 0. The Morgan fingerprint density at radius 2 is 1.60 bits per heavy atom. The molecule has 0 spiro atoms. The van der Waals surface area contributed by atoms with Crippen molar-refractivity contribution in [3.63, 3.8) is 0 Å². The first-order valence-electron chi connectivity index (χ1n) is 4.77. The Kier molecular flexibility index (Phi) is 3.80. The van der Waals surface area contributed by atoms with Crippen LogP contribution in [0, 0.1) is 5.92 Å². The van der Waals surface area contributed by atoms with Crippen molar-refractivity contribution in [1.29, 1.82) is 0 Å². The molecule has 0 amide bonds. The van der Waals surface area contributed by atoms with Crippen molar-refractivity contribution >= 4 is 5.78 Å². The van der Waals surface area contributed by atoms with Crippen molar-refractivity contribution in [2.45, 2.75) is 44.6 Å². The molecule has 0 aliphatic carbocycles. The Labute approximate surface area is 87.1 Å². The van der Waals surface area contributed by atoms with Gasteiger partial charge in [0.05, 0.1) is 0 Å². The molecule has 0 aromatic carbocycles. The smallest absolute Gasteiger partial charge is 0.184 e. The Balaban J connectivity index is 2.79. The van der Waals surface area contributed by atoms with Crippen molar-refractivity contribution in [2.24, 2.45) is 5.92 Å². The van der Waals surface area contributed by atoms with E-state index < -0.39 is 36.5 Å². The molecule has 6 nitrogen and oxygen atoms in total. The summed E-state index contributed by atoms with van der Waals surface area (Å²) in [5.74, 6) is -0.813. The van der Waals surface area contributed by atoms with E-state index in [0.29, 0.717) is 0 Å². The van der Waals surface area contributed by atoms with Gasteiger partial charge >= 0.3 is 0 Å². The van der Waals surface area contributed by atoms with E-state index in [-0.39, 0.29) is 5.92 Å². The Bertz CT molecular complexity index is 241. The number of Topliss-reactive ketones (excluding diaryl/α,β-unsaturated/α-hetero) is 1. The summed E-state index contributed by atoms with van der Waals surface area (Å²) in [6.07, 6.45) is -7.65. The number of aliphatic hydroxyl groups excluding tert-OH is 4. The molecule has 1 aliphatic heterocycles. The van der Waals surface area contributed by atoms with Crippen molar-refractivity contribution in [3.05, 3.63) is 0 Å². The monoisotopic (exact) mass is 220 g/mol. The summed E-state index contributed by atoms with van der Waals surface area (Å²) < 4.78 is 4.75. The molecule has 4 N–H and O–H groups in total. The number of carbonyl (C=O) groups is 1. The van der Waals surface area contributed by atoms with Gasteiger partial charge in [0.25, 0.3) is 0 Å². The molecule has 1 heterocycles. The van der Waals surface area contributed by atoms with E-state index in [2.05, 4.69) is 0 Å². The van der Waals surface area contributed by atoms with Crippen LogP contribution in [0.2, 0.25) is 0 Å². The molecule has 15 heavy (non-hydrogen) atoms. The highest BCUT2D eigenvalue weighted by atomic mass is 16.6. The highest BCUT2D eigenvalue weighted by Crippen LogP contribution is 2.22. The van der Waals surface area contributed by atoms with E-state index >= 15 is 0 Å². The lowest BCUT2D eigenvalue weighted by atomic mass is 9.92. The molecule has 1 fully saturated rings. The van der Waals surface area contributed by atoms with Gasteiger partial charge in [-0.3, -0.25) is 4.79 Å². The minimum atomic E-state index is -1.66. The maximum atomic E-state index is 11.5. The normalized spacial score (nSPS) is 41.9. The van der Waals surface area contributed by atoms with Crippen LogP contribution >= 0.6 is 0 Å². The number of ketones is 1. The second-order valence-electron chi connectivity index (χ2n) is 3.98. The van der Waals surface area contributed by atoms with E-state index in [4.69, 9.17) is 9.84 Å². The van der Waals surface area contributed by atoms with Crippen LogP contribution < -0.4 is 0 Å². The first-order valence-corrected chi connectivity index (χ1v) is 4.77. The topological polar surface area (TPSA) is 107 Å². The van der Waals surface area contributed by atoms with E-state index in [0.717, 1.165) is 0 Å². The second kappa shape index (κ2) is 4.54. The van der Waals surface area contributed by atoms with Crippen LogP contribution in [0.25, 0.3) is 0 Å². The Morgan fingerprint density at radius 1 is 1.07 bits per heavy atom. The van der Waals surface area contributed by atoms with Gasteiger partial charge in [-0.15, -0.1) is 0 Å². The molecule has 0 radical (unpaired) electrons. The van der Waals surface area contributed by atoms with E-state index in [9.17, 15) is 20.1 Å². The molecule has 1 saturated heterocycles. The van der Waals surface area contributed by atoms with Gasteiger partial charge in [-0.05, 0) is 0 Å². The zero-order valence-electron chi connectivity index (χ0n) is 8.57. The Morgan fingerprint density at radius 3 is 2.07 bits per heavy atom. The van der Waals surface area contributed by atoms with Crippen molar-refractivity contribution in [3.8, 4) is 0 Å². The summed E-state index contributed by atoms with van der Waals surface area (Å²) in [7, 11) is 0. The average molecular weight is 220 g/mol. The van der Waals surface area contributed by atoms with Gasteiger partial charge in [0, 0.05) is 5.92 Å². The molecule has 0 aromatic rings. The first kappa shape index (κ1) is 12.5. The van der Waals surface area contributed by atoms with Gasteiger partial charge < -0.3 is 25.2 Å². The quantitative estimate of drug-likeness (QED) is 0.429. The van der Waals surface area contributed by atoms with Gasteiger partial charge in [-0.25, -0.2) is 0 Å². The average Bonchev–Trinajstić information content (AvgIpc) is 2.19. The number of aliphatic hydroxyl groups is 4. The third-order valence-corrected chi connectivity index (χ3v) is 2.44. The SMILES string of the molecule is CC(C)C(=O)[C@H]1O[C@H](O)[C@H](O)[C@@H](O)[C@@H]1O. The van der Waals surface area contributed by atoms with Gasteiger partial charge in [-0.1, -0.05) is 13.8 Å². The third kappa shape index (κ3) is 2.35. The highest BCUT2D eigenvalue weighted by molar-refractivity contribution is 5.85. The van der Waals surface area contributed by atoms with Crippen LogP contribution in [0.3, 0.4) is 0 Å². The molecule has 6 heteroatoms. The number of rotatable bonds is 2. The van der Waals surface area contributed by atoms with Gasteiger partial charge in [0.15, 0.2) is 12.1 Å². The molecular formula is C9H16O6. The lowest BCUT2D eigenvalue weighted by molar-refractivity contribution is -0.275. The standard InChI is InChI=1S/C9H16O6/c1-3(2)4(10)8-6(12)5(11)7(13)9(14)15-8/h3,5-9,11-14H,1-2H3/t5-,6-,7+,8+,9-/m0/s1. The van der Waals surface area contributed by atoms with Crippen LogP contribution in [0.4, 0.5) is 0 Å². The summed E-state index contributed by atoms with van der Waals surface area (Å²) in [4.78, 5) is 11.5. The second-order valence-corrected chi connectivity index (χ2v) is 3.98. The van der Waals surface area contributed by atoms with Crippen LogP contribution in [0.15, 0.2) is 0 Å². The molecule has 0 unspecified atom stereocenters. The third-order valence-electron chi connectivity index (χ3n) is 2.44. The van der Waals surface area contributed by atoms with Gasteiger partial charge in [0.1, 0.15) is 24.4 Å². The van der Waals surface area contributed by atoms with Gasteiger partial charge in [0.2, 0.25) is 0 Å². The number of hydrogen-bond donors (Lipinski definition) is 4. The first-order chi connectivity index (χ1) is 6.86. The highest BCUT2D eigenvalue weighted by Gasteiger charge is 2.46. The Hall–Kier alpha value is -0.530. The van der Waals surface area contributed by atoms with Crippen LogP contribution in [-0.2, 0) is 9.53 Å². The number of carbonyl (C=O) groups excluding carboxylic acids is 1. The van der Waals surface area contributed by atoms with Crippen molar-refractivity contribution in [2.75, 3.05) is 0 Å². The molecule has 1 aliphatic rings. The number of hydrogen-bond acceptors (Lipinski definition) is 6. The zero-order chi connectivity index (χ0) is 11.7. The summed E-state index contributed by atoms with van der Waals surface area (Å²) >= 11 is 0. The van der Waals surface area contributed by atoms with E-state index in [1.54, 1.807) is 13.8 Å². The maximum Gasteiger partial charge on any atom is 0.184 e. The van der Waals surface area contributed by atoms with E-state index in [1.165, 1.54) is 0 Å². The molecular weight excluding hydrogens is 204 g/mol. The predicted octanol–water partition coefficient (Wildman–Crippen LogP) is -1.99. The zero-order valence-corrected chi connectivity index (χ0v) is 8.57. The fourth-order valence-electron chi connectivity index (χ4n) is 1.42. The van der Waals surface area contributed by atoms with Crippen LogP contribution in [0.1, 0.15) is 13.8 Å². The maximum absolute atomic E-state index is 11.5. The van der Waals surface area contributed by atoms with E-state index in [1.807, 2.05) is 0 Å². The molecule has 0 aromatic heterocycles. The molecule has 0 saturated carbocycles. The number of ether oxygens (including phenoxy) is 1. The minimum absolute atomic E-state index is 0.390. The lowest BCUT2D eigenvalue weighted by Gasteiger charge is -2.38. The van der Waals surface area contributed by atoms with Crippen molar-refractivity contribution < 1.29 is 30.0 Å². The van der Waals surface area contributed by atoms with Crippen LogP contribution in [0.5, 0.6) is 0 Å². The molecule has 5 atom stereocenters. The minimum Gasteiger partial charge on any atom is -0.387 e. The summed E-state index contributed by atoms with van der Waals surface area (Å²) in [6.45, 7) is 3.23. The fraction of sp³-hybridized carbons (Fsp3) is 0.889. The molecule has 1 rings (SSSR count). The predicted molar refractivity (Wildman–Crippen MR) is 48.7 cm³/mol. The van der Waals surface area contributed by atoms with Crippen molar-refractivity contribution in [1.82, 2.24) is 0 Å². The van der Waals surface area contributed by atoms with Gasteiger partial charge in [-0.2, -0.15) is 0 Å². The fourth-order valence-corrected chi connectivity index (χ4v) is 1.42. The molecule has 88 valence electrons. The molecule has 0 bridgehead atoms. The largest absolute Gasteiger partial charge is 0.387 e. The lowest BCUT2D eigenvalue weighted by Crippen LogP contribution is -2.60.